The molecule has 0 bridgehead atoms. The molecule has 0 aliphatic heterocycles. The van der Waals surface area contributed by atoms with Crippen LogP contribution in [0.25, 0.3) is 0 Å². The third-order valence-corrected chi connectivity index (χ3v) is 3.98. The molecule has 3 aromatic rings. The maximum absolute atomic E-state index is 12.2. The number of thiazole rings is 1. The van der Waals surface area contributed by atoms with Crippen LogP contribution >= 0.6 is 11.3 Å². The Bertz CT molecular complexity index is 875. The minimum atomic E-state index is -0.469. The third kappa shape index (κ3) is 4.90. The summed E-state index contributed by atoms with van der Waals surface area (Å²) in [7, 11) is 0. The number of amides is 1. The maximum atomic E-state index is 12.2. The predicted octanol–water partition coefficient (Wildman–Crippen LogP) is 3.90. The summed E-state index contributed by atoms with van der Waals surface area (Å²) in [4.78, 5) is 27.3. The van der Waals surface area contributed by atoms with Crippen molar-refractivity contribution < 1.29 is 19.1 Å². The van der Waals surface area contributed by atoms with Gasteiger partial charge in [-0.05, 0) is 48.5 Å². The largest absolute Gasteiger partial charge is 0.487 e. The van der Waals surface area contributed by atoms with Gasteiger partial charge in [0.15, 0.2) is 0 Å². The highest BCUT2D eigenvalue weighted by Crippen LogP contribution is 2.19. The van der Waals surface area contributed by atoms with Gasteiger partial charge in [-0.15, -0.1) is 11.3 Å². The van der Waals surface area contributed by atoms with Gasteiger partial charge < -0.3 is 14.8 Å². The molecule has 1 aromatic heterocycles. The van der Waals surface area contributed by atoms with Crippen molar-refractivity contribution in [1.29, 1.82) is 0 Å². The molecule has 0 unspecified atom stereocenters. The van der Waals surface area contributed by atoms with E-state index in [-0.39, 0.29) is 5.91 Å². The zero-order chi connectivity index (χ0) is 18.4. The lowest BCUT2D eigenvalue weighted by molar-refractivity contribution is -0.114. The van der Waals surface area contributed by atoms with Crippen LogP contribution in [-0.2, 0) is 11.4 Å². The monoisotopic (exact) mass is 368 g/mol. The molecule has 3 rings (SSSR count). The number of carbonyl (C=O) groups is 2. The van der Waals surface area contributed by atoms with E-state index in [2.05, 4.69) is 10.3 Å². The maximum Gasteiger partial charge on any atom is 0.343 e. The summed E-state index contributed by atoms with van der Waals surface area (Å²) in [6, 6.07) is 13.3. The first kappa shape index (κ1) is 17.6. The van der Waals surface area contributed by atoms with Crippen LogP contribution in [0.15, 0.2) is 59.4 Å². The van der Waals surface area contributed by atoms with Crippen molar-refractivity contribution in [3.8, 4) is 11.5 Å². The molecular weight excluding hydrogens is 352 g/mol. The second-order valence-electron chi connectivity index (χ2n) is 5.39. The Morgan fingerprint density at radius 1 is 1.04 bits per heavy atom. The highest BCUT2D eigenvalue weighted by atomic mass is 32.1. The van der Waals surface area contributed by atoms with Gasteiger partial charge in [0.2, 0.25) is 5.91 Å². The number of esters is 1. The molecule has 0 atom stereocenters. The summed E-state index contributed by atoms with van der Waals surface area (Å²) in [6.45, 7) is 1.81. The van der Waals surface area contributed by atoms with E-state index in [1.165, 1.54) is 18.3 Å². The van der Waals surface area contributed by atoms with Gasteiger partial charge in [-0.1, -0.05) is 0 Å². The first-order valence-electron chi connectivity index (χ1n) is 7.80. The van der Waals surface area contributed by atoms with Crippen molar-refractivity contribution >= 4 is 28.9 Å². The highest BCUT2D eigenvalue weighted by Gasteiger charge is 2.09. The Balaban J connectivity index is 1.56. The topological polar surface area (TPSA) is 77.5 Å². The Morgan fingerprint density at radius 2 is 1.73 bits per heavy atom. The van der Waals surface area contributed by atoms with E-state index in [1.807, 2.05) is 5.38 Å². The summed E-state index contributed by atoms with van der Waals surface area (Å²) >= 11 is 1.51. The number of ether oxygens (including phenoxy) is 2. The number of aromatic nitrogens is 1. The summed E-state index contributed by atoms with van der Waals surface area (Å²) in [6.07, 6.45) is 0. The van der Waals surface area contributed by atoms with Crippen LogP contribution in [0.2, 0.25) is 0 Å². The minimum Gasteiger partial charge on any atom is -0.487 e. The number of hydrogen-bond donors (Lipinski definition) is 1. The molecule has 0 radical (unpaired) electrons. The summed E-state index contributed by atoms with van der Waals surface area (Å²) < 4.78 is 10.9. The Labute approximate surface area is 154 Å². The molecule has 2 aromatic carbocycles. The van der Waals surface area contributed by atoms with Gasteiger partial charge in [-0.3, -0.25) is 4.79 Å². The lowest BCUT2D eigenvalue weighted by Gasteiger charge is -2.07. The Morgan fingerprint density at radius 3 is 2.35 bits per heavy atom. The molecule has 0 aliphatic rings. The minimum absolute atomic E-state index is 0.160. The molecule has 26 heavy (non-hydrogen) atoms. The molecular formula is C19H16N2O4S. The van der Waals surface area contributed by atoms with Crippen molar-refractivity contribution in [2.75, 3.05) is 5.32 Å². The van der Waals surface area contributed by atoms with E-state index < -0.39 is 5.97 Å². The highest BCUT2D eigenvalue weighted by molar-refractivity contribution is 7.07. The number of nitrogens with zero attached hydrogens (tertiary/aromatic N) is 1. The Hall–Kier alpha value is -3.19. The number of carbonyl (C=O) groups excluding carboxylic acids is 2. The van der Waals surface area contributed by atoms with Crippen LogP contribution in [0.1, 0.15) is 23.0 Å². The molecule has 1 amide bonds. The van der Waals surface area contributed by atoms with Crippen molar-refractivity contribution in [2.24, 2.45) is 0 Å². The van der Waals surface area contributed by atoms with Crippen LogP contribution in [0, 0.1) is 0 Å². The van der Waals surface area contributed by atoms with E-state index in [4.69, 9.17) is 9.47 Å². The normalized spacial score (nSPS) is 10.2. The first-order valence-corrected chi connectivity index (χ1v) is 8.74. The zero-order valence-corrected chi connectivity index (χ0v) is 14.8. The van der Waals surface area contributed by atoms with Gasteiger partial charge in [0.1, 0.15) is 18.1 Å². The van der Waals surface area contributed by atoms with Crippen LogP contribution < -0.4 is 14.8 Å². The average molecular weight is 368 g/mol. The SMILES string of the molecule is CC(=O)Nc1ccc(OC(=O)c2ccc(OCc3cscn3)cc2)cc1. The summed E-state index contributed by atoms with van der Waals surface area (Å²) in [5, 5.41) is 4.57. The number of benzene rings is 2. The molecule has 0 fully saturated rings. The average Bonchev–Trinajstić information content (AvgIpc) is 3.15. The molecule has 0 saturated heterocycles. The van der Waals surface area contributed by atoms with Gasteiger partial charge >= 0.3 is 5.97 Å². The number of nitrogens with one attached hydrogen (secondary N) is 1. The smallest absolute Gasteiger partial charge is 0.343 e. The molecule has 6 nitrogen and oxygen atoms in total. The van der Waals surface area contributed by atoms with Gasteiger partial charge in [0.05, 0.1) is 16.8 Å². The van der Waals surface area contributed by atoms with Gasteiger partial charge in [0, 0.05) is 18.0 Å². The molecule has 7 heteroatoms. The fourth-order valence-electron chi connectivity index (χ4n) is 2.13. The molecule has 0 spiro atoms. The predicted molar refractivity (Wildman–Crippen MR) is 98.6 cm³/mol. The van der Waals surface area contributed by atoms with Crippen molar-refractivity contribution in [1.82, 2.24) is 4.98 Å². The second-order valence-corrected chi connectivity index (χ2v) is 6.11. The van der Waals surface area contributed by atoms with Crippen LogP contribution in [-0.4, -0.2) is 16.9 Å². The fraction of sp³-hybridized carbons (Fsp3) is 0.105. The van der Waals surface area contributed by atoms with E-state index in [1.54, 1.807) is 54.0 Å². The summed E-state index contributed by atoms with van der Waals surface area (Å²) in [5.74, 6) is 0.414. The number of hydrogen-bond acceptors (Lipinski definition) is 6. The molecule has 0 aliphatic carbocycles. The first-order chi connectivity index (χ1) is 12.6. The number of rotatable bonds is 6. The second kappa shape index (κ2) is 8.26. The van der Waals surface area contributed by atoms with Gasteiger partial charge in [-0.2, -0.15) is 0 Å². The van der Waals surface area contributed by atoms with Crippen molar-refractivity contribution in [3.05, 3.63) is 70.7 Å². The van der Waals surface area contributed by atoms with Crippen LogP contribution in [0.3, 0.4) is 0 Å². The quantitative estimate of drug-likeness (QED) is 0.527. The van der Waals surface area contributed by atoms with Gasteiger partial charge in [-0.25, -0.2) is 9.78 Å². The Kier molecular flexibility index (Phi) is 5.60. The molecule has 1 N–H and O–H groups in total. The van der Waals surface area contributed by atoms with Crippen molar-refractivity contribution in [2.45, 2.75) is 13.5 Å². The van der Waals surface area contributed by atoms with Gasteiger partial charge in [0.25, 0.3) is 0 Å². The molecule has 0 saturated carbocycles. The van der Waals surface area contributed by atoms with Crippen molar-refractivity contribution in [3.63, 3.8) is 0 Å². The molecule has 1 heterocycles. The fourth-order valence-corrected chi connectivity index (χ4v) is 2.67. The van der Waals surface area contributed by atoms with Crippen LogP contribution in [0.5, 0.6) is 11.5 Å². The zero-order valence-electron chi connectivity index (χ0n) is 14.0. The van der Waals surface area contributed by atoms with E-state index in [0.717, 1.165) is 5.69 Å². The summed E-state index contributed by atoms with van der Waals surface area (Å²) in [5.41, 5.74) is 3.66. The lowest BCUT2D eigenvalue weighted by Crippen LogP contribution is -2.09. The number of anilines is 1. The van der Waals surface area contributed by atoms with Crippen LogP contribution in [0.4, 0.5) is 5.69 Å². The third-order valence-electron chi connectivity index (χ3n) is 3.35. The molecule has 132 valence electrons. The van der Waals surface area contributed by atoms with E-state index in [0.29, 0.717) is 29.4 Å². The lowest BCUT2D eigenvalue weighted by atomic mass is 10.2. The standard InChI is InChI=1S/C19H16N2O4S/c1-13(22)21-15-4-8-18(9-5-15)25-19(23)14-2-6-17(7-3-14)24-10-16-11-26-12-20-16/h2-9,11-12H,10H2,1H3,(H,21,22). The van der Waals surface area contributed by atoms with E-state index >= 15 is 0 Å². The van der Waals surface area contributed by atoms with E-state index in [9.17, 15) is 9.59 Å².